The first-order valence-corrected chi connectivity index (χ1v) is 6.57. The molecule has 15 heavy (non-hydrogen) atoms. The first kappa shape index (κ1) is 10.3. The van der Waals surface area contributed by atoms with Crippen molar-refractivity contribution in [3.05, 3.63) is 5.82 Å². The number of anilines is 2. The molecule has 1 aromatic rings. The highest BCUT2D eigenvalue weighted by Gasteiger charge is 2.28. The van der Waals surface area contributed by atoms with Gasteiger partial charge >= 0.3 is 0 Å². The van der Waals surface area contributed by atoms with Crippen molar-refractivity contribution in [3.63, 3.8) is 0 Å². The van der Waals surface area contributed by atoms with E-state index in [1.165, 1.54) is 0 Å². The van der Waals surface area contributed by atoms with Crippen LogP contribution in [0.2, 0.25) is 0 Å². The molecule has 1 unspecified atom stereocenters. The summed E-state index contributed by atoms with van der Waals surface area (Å²) >= 11 is 0. The van der Waals surface area contributed by atoms with Gasteiger partial charge in [-0.2, -0.15) is 0 Å². The van der Waals surface area contributed by atoms with Gasteiger partial charge < -0.3 is 16.0 Å². The maximum atomic E-state index is 11.2. The van der Waals surface area contributed by atoms with E-state index >= 15 is 0 Å². The molecule has 1 atom stereocenters. The Bertz CT molecular complexity index is 465. The molecule has 84 valence electrons. The van der Waals surface area contributed by atoms with Gasteiger partial charge in [-0.3, -0.25) is 0 Å². The Morgan fingerprint density at radius 2 is 2.33 bits per heavy atom. The van der Waals surface area contributed by atoms with Crippen LogP contribution in [0.1, 0.15) is 12.2 Å². The van der Waals surface area contributed by atoms with Crippen LogP contribution >= 0.6 is 0 Å². The normalized spacial score (nSPS) is 24.2. The lowest BCUT2D eigenvalue weighted by Crippen LogP contribution is -2.21. The number of hydrogen-bond donors (Lipinski definition) is 3. The number of imidazole rings is 1. The molecule has 1 saturated heterocycles. The molecule has 0 bridgehead atoms. The van der Waals surface area contributed by atoms with E-state index < -0.39 is 9.84 Å². The minimum absolute atomic E-state index is 0.0694. The van der Waals surface area contributed by atoms with E-state index in [4.69, 9.17) is 5.73 Å². The summed E-state index contributed by atoms with van der Waals surface area (Å²) in [7, 11) is -2.86. The van der Waals surface area contributed by atoms with Crippen LogP contribution in [-0.2, 0) is 9.84 Å². The Balaban J connectivity index is 2.08. The lowest BCUT2D eigenvalue weighted by molar-refractivity contribution is 0.602. The Kier molecular flexibility index (Phi) is 2.34. The monoisotopic (exact) mass is 230 g/mol. The number of sulfone groups is 1. The van der Waals surface area contributed by atoms with Crippen molar-refractivity contribution in [1.82, 2.24) is 9.97 Å². The molecule has 1 aliphatic heterocycles. The summed E-state index contributed by atoms with van der Waals surface area (Å²) in [5.41, 5.74) is 5.66. The zero-order valence-electron chi connectivity index (χ0n) is 8.45. The Morgan fingerprint density at radius 3 is 2.80 bits per heavy atom. The molecule has 0 radical (unpaired) electrons. The molecule has 6 nitrogen and oxygen atoms in total. The van der Waals surface area contributed by atoms with Crippen molar-refractivity contribution in [2.75, 3.05) is 22.6 Å². The third-order valence-corrected chi connectivity index (χ3v) is 4.19. The second kappa shape index (κ2) is 3.41. The fourth-order valence-electron chi connectivity index (χ4n) is 1.72. The molecule has 2 heterocycles. The van der Waals surface area contributed by atoms with Gasteiger partial charge in [0.2, 0.25) is 0 Å². The molecular weight excluding hydrogens is 216 g/mol. The Labute approximate surface area is 88.2 Å². The Morgan fingerprint density at radius 1 is 1.60 bits per heavy atom. The first-order chi connectivity index (χ1) is 6.96. The summed E-state index contributed by atoms with van der Waals surface area (Å²) in [5, 5.41) is 3.04. The lowest BCUT2D eigenvalue weighted by atomic mass is 10.3. The number of H-pyrrole nitrogens is 1. The van der Waals surface area contributed by atoms with Gasteiger partial charge in [-0.25, -0.2) is 13.4 Å². The molecule has 2 rings (SSSR count). The Hall–Kier alpha value is -1.24. The largest absolute Gasteiger partial charge is 0.382 e. The molecule has 1 aliphatic rings. The summed E-state index contributed by atoms with van der Waals surface area (Å²) < 4.78 is 22.4. The second-order valence-electron chi connectivity index (χ2n) is 3.83. The number of aromatic amines is 1. The van der Waals surface area contributed by atoms with Crippen LogP contribution in [0, 0.1) is 6.92 Å². The third kappa shape index (κ3) is 2.23. The molecule has 7 heteroatoms. The van der Waals surface area contributed by atoms with Crippen molar-refractivity contribution < 1.29 is 8.42 Å². The third-order valence-electron chi connectivity index (χ3n) is 2.42. The van der Waals surface area contributed by atoms with Gasteiger partial charge in [0, 0.05) is 6.04 Å². The van der Waals surface area contributed by atoms with Crippen LogP contribution in [0.25, 0.3) is 0 Å². The van der Waals surface area contributed by atoms with Crippen LogP contribution in [0.4, 0.5) is 11.6 Å². The van der Waals surface area contributed by atoms with Gasteiger partial charge in [0.1, 0.15) is 11.6 Å². The smallest absolute Gasteiger partial charge is 0.169 e. The van der Waals surface area contributed by atoms with E-state index in [1.807, 2.05) is 0 Å². The highest BCUT2D eigenvalue weighted by Crippen LogP contribution is 2.20. The highest BCUT2D eigenvalue weighted by atomic mass is 32.2. The first-order valence-electron chi connectivity index (χ1n) is 4.75. The number of aromatic nitrogens is 2. The van der Waals surface area contributed by atoms with Gasteiger partial charge in [-0.05, 0) is 13.3 Å². The summed E-state index contributed by atoms with van der Waals surface area (Å²) in [5.74, 6) is 2.13. The lowest BCUT2D eigenvalue weighted by Gasteiger charge is -2.09. The topological polar surface area (TPSA) is 101 Å². The van der Waals surface area contributed by atoms with Crippen LogP contribution in [0.3, 0.4) is 0 Å². The molecule has 1 fully saturated rings. The van der Waals surface area contributed by atoms with E-state index in [1.54, 1.807) is 6.92 Å². The van der Waals surface area contributed by atoms with Crippen LogP contribution in [0.5, 0.6) is 0 Å². The second-order valence-corrected chi connectivity index (χ2v) is 6.06. The predicted molar refractivity (Wildman–Crippen MR) is 58.4 cm³/mol. The molecular formula is C8H14N4O2S. The molecule has 0 saturated carbocycles. The van der Waals surface area contributed by atoms with Gasteiger partial charge in [0.25, 0.3) is 0 Å². The van der Waals surface area contributed by atoms with E-state index in [9.17, 15) is 8.42 Å². The molecule has 1 aromatic heterocycles. The van der Waals surface area contributed by atoms with Gasteiger partial charge in [0.05, 0.1) is 11.5 Å². The van der Waals surface area contributed by atoms with Crippen LogP contribution < -0.4 is 11.1 Å². The zero-order chi connectivity index (χ0) is 11.1. The van der Waals surface area contributed by atoms with Crippen molar-refractivity contribution in [1.29, 1.82) is 0 Å². The summed E-state index contributed by atoms with van der Waals surface area (Å²) in [6.07, 6.45) is 0.619. The van der Waals surface area contributed by atoms with Crippen molar-refractivity contribution in [3.8, 4) is 0 Å². The van der Waals surface area contributed by atoms with Crippen molar-refractivity contribution in [2.45, 2.75) is 19.4 Å². The number of nitrogens with two attached hydrogens (primary N) is 1. The number of aryl methyl sites for hydroxylation is 1. The minimum atomic E-state index is -2.86. The number of nitrogens with one attached hydrogen (secondary N) is 2. The van der Waals surface area contributed by atoms with E-state index in [0.29, 0.717) is 18.1 Å². The van der Waals surface area contributed by atoms with E-state index in [-0.39, 0.29) is 17.5 Å². The van der Waals surface area contributed by atoms with Crippen LogP contribution in [0.15, 0.2) is 0 Å². The minimum Gasteiger partial charge on any atom is -0.382 e. The van der Waals surface area contributed by atoms with Gasteiger partial charge in [0.15, 0.2) is 15.7 Å². The zero-order valence-corrected chi connectivity index (χ0v) is 9.26. The summed E-state index contributed by atoms with van der Waals surface area (Å²) in [6, 6.07) is -0.0694. The standard InChI is InChI=1S/C8H14N4O2S/c1-5-10-7(9)8(11-5)12-6-2-3-15(13,14)4-6/h6,12H,2-4,9H2,1H3,(H,10,11). The maximum Gasteiger partial charge on any atom is 0.169 e. The molecule has 0 spiro atoms. The number of nitrogens with zero attached hydrogens (tertiary/aromatic N) is 1. The average Bonchev–Trinajstić information content (AvgIpc) is 2.57. The number of nitrogen functional groups attached to an aromatic ring is 1. The van der Waals surface area contributed by atoms with Gasteiger partial charge in [-0.15, -0.1) is 0 Å². The SMILES string of the molecule is Cc1nc(NC2CCS(=O)(=O)C2)c(N)[nH]1. The summed E-state index contributed by atoms with van der Waals surface area (Å²) in [4.78, 5) is 6.99. The maximum absolute atomic E-state index is 11.2. The fourth-order valence-corrected chi connectivity index (χ4v) is 3.40. The summed E-state index contributed by atoms with van der Waals surface area (Å²) in [6.45, 7) is 1.80. The quantitative estimate of drug-likeness (QED) is 0.658. The van der Waals surface area contributed by atoms with Crippen LogP contribution in [-0.4, -0.2) is 35.9 Å². The predicted octanol–water partition coefficient (Wildman–Crippen LogP) is -0.101. The van der Waals surface area contributed by atoms with Crippen molar-refractivity contribution >= 4 is 21.5 Å². The van der Waals surface area contributed by atoms with Gasteiger partial charge in [-0.1, -0.05) is 0 Å². The number of hydrogen-bond acceptors (Lipinski definition) is 5. The van der Waals surface area contributed by atoms with Crippen molar-refractivity contribution in [2.24, 2.45) is 0 Å². The highest BCUT2D eigenvalue weighted by molar-refractivity contribution is 7.91. The van der Waals surface area contributed by atoms with E-state index in [0.717, 1.165) is 5.82 Å². The molecule has 0 aliphatic carbocycles. The fraction of sp³-hybridized carbons (Fsp3) is 0.625. The van der Waals surface area contributed by atoms with E-state index in [2.05, 4.69) is 15.3 Å². The molecule has 0 aromatic carbocycles. The molecule has 4 N–H and O–H groups in total. The average molecular weight is 230 g/mol. The number of rotatable bonds is 2. The molecule has 0 amide bonds.